The highest BCUT2D eigenvalue weighted by Crippen LogP contribution is 2.24. The van der Waals surface area contributed by atoms with Crippen molar-refractivity contribution in [3.8, 4) is 0 Å². The molecule has 2 heterocycles. The lowest BCUT2D eigenvalue weighted by molar-refractivity contribution is 0.392. The molecule has 0 radical (unpaired) electrons. The second-order valence-corrected chi connectivity index (χ2v) is 8.90. The van der Waals surface area contributed by atoms with Crippen LogP contribution in [0.25, 0.3) is 0 Å². The van der Waals surface area contributed by atoms with Crippen molar-refractivity contribution in [2.24, 2.45) is 4.99 Å². The van der Waals surface area contributed by atoms with Crippen LogP contribution in [0, 0.1) is 6.92 Å². The fourth-order valence-corrected chi connectivity index (χ4v) is 4.16. The lowest BCUT2D eigenvalue weighted by Crippen LogP contribution is -2.48. The van der Waals surface area contributed by atoms with E-state index in [9.17, 15) is 0 Å². The summed E-state index contributed by atoms with van der Waals surface area (Å²) in [7, 11) is 1.82. The third-order valence-corrected chi connectivity index (χ3v) is 5.88. The van der Waals surface area contributed by atoms with Crippen molar-refractivity contribution >= 4 is 57.6 Å². The van der Waals surface area contributed by atoms with Gasteiger partial charge in [-0.3, -0.25) is 4.99 Å². The Labute approximate surface area is 190 Å². The minimum absolute atomic E-state index is 0. The average molecular weight is 565 g/mol. The maximum Gasteiger partial charge on any atom is 0.191 e. The Balaban J connectivity index is 0.00000261. The summed E-state index contributed by atoms with van der Waals surface area (Å²) in [5.41, 5.74) is 0. The molecule has 0 bridgehead atoms. The molecule has 0 spiro atoms. The molecule has 0 fully saturated rings. The Bertz CT molecular complexity index is 764. The van der Waals surface area contributed by atoms with Crippen LogP contribution in [0.5, 0.6) is 0 Å². The molecule has 2 atom stereocenters. The second-order valence-electron chi connectivity index (χ2n) is 6.47. The molecule has 2 aromatic rings. The van der Waals surface area contributed by atoms with Crippen LogP contribution >= 0.6 is 51.7 Å². The molecule has 3 rings (SSSR count). The number of hydrogen-bond donors (Lipinski definition) is 2. The molecule has 1 aromatic carbocycles. The Morgan fingerprint density at radius 2 is 2.15 bits per heavy atom. The average Bonchev–Trinajstić information content (AvgIpc) is 2.99. The second kappa shape index (κ2) is 10.7. The fourth-order valence-electron chi connectivity index (χ4n) is 2.97. The van der Waals surface area contributed by atoms with E-state index in [2.05, 4.69) is 72.8 Å². The van der Waals surface area contributed by atoms with E-state index in [1.165, 1.54) is 4.90 Å². The molecule has 1 aromatic heterocycles. The molecule has 0 saturated carbocycles. The lowest BCUT2D eigenvalue weighted by Gasteiger charge is -2.26. The summed E-state index contributed by atoms with van der Waals surface area (Å²) < 4.78 is 3.12. The van der Waals surface area contributed by atoms with Crippen LogP contribution in [0.3, 0.4) is 0 Å². The van der Waals surface area contributed by atoms with Crippen molar-refractivity contribution in [3.63, 3.8) is 0 Å². The van der Waals surface area contributed by atoms with E-state index in [4.69, 9.17) is 0 Å². The highest BCUT2D eigenvalue weighted by Gasteiger charge is 2.21. The number of aryl methyl sites for hydroxylation is 2. The van der Waals surface area contributed by atoms with Crippen molar-refractivity contribution in [2.75, 3.05) is 13.6 Å². The van der Waals surface area contributed by atoms with Gasteiger partial charge in [-0.15, -0.1) is 35.7 Å². The third-order valence-electron chi connectivity index (χ3n) is 4.24. The monoisotopic (exact) mass is 564 g/mol. The molecular formula is C18H26BrIN6S. The number of thioether (sulfide) groups is 1. The van der Waals surface area contributed by atoms with E-state index in [0.29, 0.717) is 11.3 Å². The number of halogens is 2. The first kappa shape index (κ1) is 22.5. The minimum Gasteiger partial charge on any atom is -0.355 e. The largest absolute Gasteiger partial charge is 0.355 e. The molecule has 27 heavy (non-hydrogen) atoms. The van der Waals surface area contributed by atoms with E-state index in [0.717, 1.165) is 48.0 Å². The molecule has 148 valence electrons. The Morgan fingerprint density at radius 1 is 1.41 bits per heavy atom. The highest BCUT2D eigenvalue weighted by molar-refractivity contribution is 14.0. The zero-order chi connectivity index (χ0) is 18.5. The molecule has 2 unspecified atom stereocenters. The van der Waals surface area contributed by atoms with Crippen LogP contribution in [0.4, 0.5) is 0 Å². The molecule has 2 N–H and O–H groups in total. The molecule has 0 amide bonds. The van der Waals surface area contributed by atoms with Crippen molar-refractivity contribution in [1.29, 1.82) is 0 Å². The summed E-state index contributed by atoms with van der Waals surface area (Å²) >= 11 is 5.33. The normalized spacial score (nSPS) is 17.6. The summed E-state index contributed by atoms with van der Waals surface area (Å²) in [6.07, 6.45) is 1.99. The van der Waals surface area contributed by atoms with Gasteiger partial charge < -0.3 is 10.6 Å². The maximum absolute atomic E-state index is 4.46. The number of hydrogen-bond acceptors (Lipinski definition) is 4. The van der Waals surface area contributed by atoms with Crippen LogP contribution < -0.4 is 10.6 Å². The molecule has 0 saturated heterocycles. The van der Waals surface area contributed by atoms with Gasteiger partial charge in [-0.25, -0.2) is 9.67 Å². The van der Waals surface area contributed by atoms with Gasteiger partial charge in [-0.05, 0) is 37.6 Å². The summed E-state index contributed by atoms with van der Waals surface area (Å²) in [6.45, 7) is 5.84. The number of aliphatic imine (C=N–C) groups is 1. The standard InChI is InChI=1S/C18H25BrN6S.HI/c1-12(26-16-7-4-14(19)5-8-16)10-21-18(20-3)23-15-6-9-17-22-13(2)24-25(17)11-15;/h4-5,7-8,12,15H,6,9-11H2,1-3H3,(H2,20,21,23);1H. The van der Waals surface area contributed by atoms with Gasteiger partial charge in [0.1, 0.15) is 11.6 Å². The number of aromatic nitrogens is 3. The highest BCUT2D eigenvalue weighted by atomic mass is 127. The number of benzene rings is 1. The van der Waals surface area contributed by atoms with Crippen LogP contribution in [0.2, 0.25) is 0 Å². The van der Waals surface area contributed by atoms with Gasteiger partial charge in [-0.1, -0.05) is 22.9 Å². The van der Waals surface area contributed by atoms with E-state index in [1.54, 1.807) is 0 Å². The summed E-state index contributed by atoms with van der Waals surface area (Å²) in [5.74, 6) is 2.78. The number of nitrogens with zero attached hydrogens (tertiary/aromatic N) is 4. The van der Waals surface area contributed by atoms with Crippen molar-refractivity contribution in [1.82, 2.24) is 25.4 Å². The van der Waals surface area contributed by atoms with Gasteiger partial charge in [0.2, 0.25) is 0 Å². The summed E-state index contributed by atoms with van der Waals surface area (Å²) in [6, 6.07) is 8.75. The van der Waals surface area contributed by atoms with Gasteiger partial charge >= 0.3 is 0 Å². The molecule has 9 heteroatoms. The third kappa shape index (κ3) is 6.63. The van der Waals surface area contributed by atoms with Crippen LogP contribution in [-0.2, 0) is 13.0 Å². The fraction of sp³-hybridized carbons (Fsp3) is 0.500. The molecular weight excluding hydrogens is 539 g/mol. The maximum atomic E-state index is 4.46. The first-order chi connectivity index (χ1) is 12.5. The zero-order valence-corrected chi connectivity index (χ0v) is 20.5. The Hall–Kier alpha value is -0.810. The van der Waals surface area contributed by atoms with Gasteiger partial charge in [0, 0.05) is 40.7 Å². The SMILES string of the molecule is CN=C(NCC(C)Sc1ccc(Br)cc1)NC1CCc2nc(C)nn2C1.I. The van der Waals surface area contributed by atoms with Crippen molar-refractivity contribution in [3.05, 3.63) is 40.4 Å². The van der Waals surface area contributed by atoms with E-state index in [-0.39, 0.29) is 24.0 Å². The number of nitrogens with one attached hydrogen (secondary N) is 2. The lowest BCUT2D eigenvalue weighted by atomic mass is 10.1. The Morgan fingerprint density at radius 3 is 2.85 bits per heavy atom. The van der Waals surface area contributed by atoms with Gasteiger partial charge in [0.05, 0.1) is 6.54 Å². The first-order valence-electron chi connectivity index (χ1n) is 8.83. The van der Waals surface area contributed by atoms with Crippen LogP contribution in [-0.4, -0.2) is 45.6 Å². The summed E-state index contributed by atoms with van der Waals surface area (Å²) in [5, 5.41) is 11.9. The first-order valence-corrected chi connectivity index (χ1v) is 10.5. The van der Waals surface area contributed by atoms with Crippen LogP contribution in [0.15, 0.2) is 38.6 Å². The van der Waals surface area contributed by atoms with E-state index >= 15 is 0 Å². The summed E-state index contributed by atoms with van der Waals surface area (Å²) in [4.78, 5) is 10.1. The van der Waals surface area contributed by atoms with Gasteiger partial charge in [0.15, 0.2) is 5.96 Å². The quantitative estimate of drug-likeness (QED) is 0.251. The van der Waals surface area contributed by atoms with E-state index in [1.807, 2.05) is 30.4 Å². The van der Waals surface area contributed by atoms with Gasteiger partial charge in [-0.2, -0.15) is 5.10 Å². The van der Waals surface area contributed by atoms with E-state index < -0.39 is 0 Å². The van der Waals surface area contributed by atoms with Gasteiger partial charge in [0.25, 0.3) is 0 Å². The van der Waals surface area contributed by atoms with Crippen molar-refractivity contribution < 1.29 is 0 Å². The zero-order valence-electron chi connectivity index (χ0n) is 15.8. The number of fused-ring (bicyclic) bond motifs is 1. The topological polar surface area (TPSA) is 67.1 Å². The molecule has 1 aliphatic rings. The molecule has 1 aliphatic heterocycles. The predicted molar refractivity (Wildman–Crippen MR) is 126 cm³/mol. The minimum atomic E-state index is 0. The Kier molecular flexibility index (Phi) is 8.87. The number of guanidine groups is 1. The van der Waals surface area contributed by atoms with Crippen molar-refractivity contribution in [2.45, 2.75) is 49.4 Å². The molecule has 0 aliphatic carbocycles. The molecule has 6 nitrogen and oxygen atoms in total. The number of rotatable bonds is 5. The van der Waals surface area contributed by atoms with Crippen LogP contribution in [0.1, 0.15) is 25.0 Å². The predicted octanol–water partition coefficient (Wildman–Crippen LogP) is 3.63. The smallest absolute Gasteiger partial charge is 0.191 e.